The van der Waals surface area contributed by atoms with Gasteiger partial charge in [-0.15, -0.1) is 0 Å². The third-order valence-corrected chi connectivity index (χ3v) is 2.41. The number of hydrogen-bond acceptors (Lipinski definition) is 3. The monoisotopic (exact) mass is 261 g/mol. The van der Waals surface area contributed by atoms with Crippen LogP contribution in [0.1, 0.15) is 10.4 Å². The number of benzene rings is 1. The fourth-order valence-corrected chi connectivity index (χ4v) is 1.57. The average molecular weight is 262 g/mol. The summed E-state index contributed by atoms with van der Waals surface area (Å²) in [6, 6.07) is 4.59. The maximum Gasteiger partial charge on any atom is 0.255 e. The molecule has 5 N–H and O–H groups in total. The molecular formula is C9H9Cl2N3O2. The molecule has 0 aliphatic heterocycles. The van der Waals surface area contributed by atoms with Crippen molar-refractivity contribution in [1.29, 1.82) is 0 Å². The Balaban J connectivity index is 2.93. The van der Waals surface area contributed by atoms with Crippen LogP contribution in [0.4, 0.5) is 0 Å². The zero-order valence-electron chi connectivity index (χ0n) is 8.04. The van der Waals surface area contributed by atoms with Crippen LogP contribution in [-0.4, -0.2) is 18.0 Å². The molecule has 1 aromatic carbocycles. The molecule has 86 valence electrons. The van der Waals surface area contributed by atoms with Crippen LogP contribution >= 0.6 is 23.2 Å². The summed E-state index contributed by atoms with van der Waals surface area (Å²) in [6.07, 6.45) is -1.28. The van der Waals surface area contributed by atoms with E-state index >= 15 is 0 Å². The highest BCUT2D eigenvalue weighted by atomic mass is 35.5. The van der Waals surface area contributed by atoms with Crippen molar-refractivity contribution in [2.24, 2.45) is 11.5 Å². The Morgan fingerprint density at radius 1 is 1.25 bits per heavy atom. The molecule has 16 heavy (non-hydrogen) atoms. The molecule has 1 aromatic rings. The molecule has 2 amide bonds. The van der Waals surface area contributed by atoms with E-state index in [1.807, 2.05) is 0 Å². The molecule has 0 aliphatic carbocycles. The minimum atomic E-state index is -1.28. The first-order chi connectivity index (χ1) is 7.43. The largest absolute Gasteiger partial charge is 0.367 e. The van der Waals surface area contributed by atoms with Gasteiger partial charge in [-0.1, -0.05) is 29.3 Å². The van der Waals surface area contributed by atoms with Gasteiger partial charge in [-0.3, -0.25) is 9.59 Å². The lowest BCUT2D eigenvalue weighted by molar-refractivity contribution is -0.119. The van der Waals surface area contributed by atoms with Crippen molar-refractivity contribution in [3.63, 3.8) is 0 Å². The first kappa shape index (κ1) is 12.8. The lowest BCUT2D eigenvalue weighted by Crippen LogP contribution is -2.50. The maximum absolute atomic E-state index is 11.6. The number of nitrogens with two attached hydrogens (primary N) is 2. The second-order valence-electron chi connectivity index (χ2n) is 2.95. The molecule has 0 bridgehead atoms. The highest BCUT2D eigenvalue weighted by molar-refractivity contribution is 6.39. The van der Waals surface area contributed by atoms with Gasteiger partial charge in [0.25, 0.3) is 11.8 Å². The summed E-state index contributed by atoms with van der Waals surface area (Å²) in [4.78, 5) is 22.3. The zero-order valence-corrected chi connectivity index (χ0v) is 9.55. The number of carbonyl (C=O) groups is 2. The first-order valence-electron chi connectivity index (χ1n) is 4.23. The van der Waals surface area contributed by atoms with Gasteiger partial charge in [0.1, 0.15) is 0 Å². The number of amides is 2. The van der Waals surface area contributed by atoms with Crippen LogP contribution in [0.2, 0.25) is 10.0 Å². The summed E-state index contributed by atoms with van der Waals surface area (Å²) in [7, 11) is 0. The molecule has 1 atom stereocenters. The van der Waals surface area contributed by atoms with Gasteiger partial charge in [-0.05, 0) is 12.1 Å². The van der Waals surface area contributed by atoms with Gasteiger partial charge in [-0.2, -0.15) is 0 Å². The summed E-state index contributed by atoms with van der Waals surface area (Å²) >= 11 is 11.6. The number of hydrogen-bond donors (Lipinski definition) is 3. The van der Waals surface area contributed by atoms with Crippen molar-refractivity contribution in [3.8, 4) is 0 Å². The van der Waals surface area contributed by atoms with Gasteiger partial charge in [0.2, 0.25) is 0 Å². The van der Waals surface area contributed by atoms with E-state index in [4.69, 9.17) is 34.7 Å². The highest BCUT2D eigenvalue weighted by Gasteiger charge is 2.18. The molecule has 1 rings (SSSR count). The molecule has 0 saturated heterocycles. The molecule has 0 spiro atoms. The van der Waals surface area contributed by atoms with Crippen molar-refractivity contribution >= 4 is 35.0 Å². The minimum absolute atomic E-state index is 0.0579. The minimum Gasteiger partial charge on any atom is -0.367 e. The Bertz CT molecular complexity index is 417. The smallest absolute Gasteiger partial charge is 0.255 e. The molecule has 1 unspecified atom stereocenters. The number of halogens is 2. The topological polar surface area (TPSA) is 98.2 Å². The van der Waals surface area contributed by atoms with Gasteiger partial charge in [0.15, 0.2) is 6.17 Å². The molecule has 0 aromatic heterocycles. The summed E-state index contributed by atoms with van der Waals surface area (Å²) < 4.78 is 0. The Morgan fingerprint density at radius 2 is 1.75 bits per heavy atom. The molecule has 0 saturated carbocycles. The van der Waals surface area contributed by atoms with Crippen molar-refractivity contribution < 1.29 is 9.59 Å². The normalized spacial score (nSPS) is 11.9. The standard InChI is InChI=1S/C9H9Cl2N3O2/c10-4-2-1-3-5(11)6(4)9(16)14-7(12)8(13)15/h1-3,7H,12H2,(H2,13,15)(H,14,16). The summed E-state index contributed by atoms with van der Waals surface area (Å²) in [5.74, 6) is -1.50. The van der Waals surface area contributed by atoms with E-state index in [0.29, 0.717) is 0 Å². The molecule has 0 aliphatic rings. The van der Waals surface area contributed by atoms with Crippen LogP contribution in [0.5, 0.6) is 0 Å². The summed E-state index contributed by atoms with van der Waals surface area (Å²) in [6.45, 7) is 0. The first-order valence-corrected chi connectivity index (χ1v) is 4.99. The zero-order chi connectivity index (χ0) is 12.3. The quantitative estimate of drug-likeness (QED) is 0.691. The Labute approximate surface area is 102 Å². The molecular weight excluding hydrogens is 253 g/mol. The van der Waals surface area contributed by atoms with Gasteiger partial charge in [-0.25, -0.2) is 0 Å². The van der Waals surface area contributed by atoms with Gasteiger partial charge >= 0.3 is 0 Å². The Morgan fingerprint density at radius 3 is 2.19 bits per heavy atom. The van der Waals surface area contributed by atoms with E-state index in [2.05, 4.69) is 5.32 Å². The van der Waals surface area contributed by atoms with E-state index in [0.717, 1.165) is 0 Å². The predicted molar refractivity (Wildman–Crippen MR) is 61.1 cm³/mol. The third-order valence-electron chi connectivity index (χ3n) is 1.78. The van der Waals surface area contributed by atoms with E-state index in [1.54, 1.807) is 6.07 Å². The molecule has 5 nitrogen and oxygen atoms in total. The molecule has 0 heterocycles. The van der Waals surface area contributed by atoms with Gasteiger partial charge in [0.05, 0.1) is 15.6 Å². The van der Waals surface area contributed by atoms with Crippen LogP contribution in [-0.2, 0) is 4.79 Å². The maximum atomic E-state index is 11.6. The second kappa shape index (κ2) is 5.16. The lowest BCUT2D eigenvalue weighted by Gasteiger charge is -2.11. The van der Waals surface area contributed by atoms with Crippen molar-refractivity contribution in [3.05, 3.63) is 33.8 Å². The number of nitrogens with one attached hydrogen (secondary N) is 1. The number of carbonyl (C=O) groups excluding carboxylic acids is 2. The highest BCUT2D eigenvalue weighted by Crippen LogP contribution is 2.23. The Kier molecular flexibility index (Phi) is 4.12. The number of rotatable bonds is 3. The van der Waals surface area contributed by atoms with Crippen LogP contribution in [0, 0.1) is 0 Å². The van der Waals surface area contributed by atoms with Crippen molar-refractivity contribution in [2.75, 3.05) is 0 Å². The van der Waals surface area contributed by atoms with E-state index in [1.165, 1.54) is 12.1 Å². The summed E-state index contributed by atoms with van der Waals surface area (Å²) in [5.41, 5.74) is 10.2. The molecule has 0 fully saturated rings. The van der Waals surface area contributed by atoms with E-state index < -0.39 is 18.0 Å². The molecule has 7 heteroatoms. The van der Waals surface area contributed by atoms with Crippen molar-refractivity contribution in [2.45, 2.75) is 6.17 Å². The fraction of sp³-hybridized carbons (Fsp3) is 0.111. The van der Waals surface area contributed by atoms with Crippen LogP contribution < -0.4 is 16.8 Å². The van der Waals surface area contributed by atoms with E-state index in [9.17, 15) is 9.59 Å². The van der Waals surface area contributed by atoms with Gasteiger partial charge in [0, 0.05) is 0 Å². The van der Waals surface area contributed by atoms with Crippen LogP contribution in [0.25, 0.3) is 0 Å². The summed E-state index contributed by atoms with van der Waals surface area (Å²) in [5, 5.41) is 2.51. The SMILES string of the molecule is NC(=O)C(N)NC(=O)c1c(Cl)cccc1Cl. The van der Waals surface area contributed by atoms with E-state index in [-0.39, 0.29) is 15.6 Å². The van der Waals surface area contributed by atoms with Crippen LogP contribution in [0.15, 0.2) is 18.2 Å². The average Bonchev–Trinajstić information content (AvgIpc) is 2.16. The Hall–Kier alpha value is -1.30. The predicted octanol–water partition coefficient (Wildman–Crippen LogP) is 0.493. The number of primary amides is 1. The van der Waals surface area contributed by atoms with Crippen LogP contribution in [0.3, 0.4) is 0 Å². The third kappa shape index (κ3) is 2.85. The second-order valence-corrected chi connectivity index (χ2v) is 3.76. The van der Waals surface area contributed by atoms with Crippen molar-refractivity contribution in [1.82, 2.24) is 5.32 Å². The molecule has 0 radical (unpaired) electrons. The lowest BCUT2D eigenvalue weighted by atomic mass is 10.2. The fourth-order valence-electron chi connectivity index (χ4n) is 0.999. The van der Waals surface area contributed by atoms with Gasteiger partial charge < -0.3 is 16.8 Å².